The first-order valence-electron chi connectivity index (χ1n) is 13.9. The first kappa shape index (κ1) is 25.1. The maximum atomic E-state index is 13.6. The molecule has 2 aromatic carbocycles. The van der Waals surface area contributed by atoms with Gasteiger partial charge in [0.2, 0.25) is 0 Å². The fourth-order valence-corrected chi connectivity index (χ4v) is 5.78. The zero-order valence-electron chi connectivity index (χ0n) is 21.9. The van der Waals surface area contributed by atoms with Gasteiger partial charge >= 0.3 is 0 Å². The minimum atomic E-state index is 0.00223. The first-order valence-corrected chi connectivity index (χ1v) is 13.9. The average molecular weight is 493 g/mol. The molecule has 0 amide bonds. The second-order valence-corrected chi connectivity index (χ2v) is 10.5. The fourth-order valence-electron chi connectivity index (χ4n) is 5.78. The van der Waals surface area contributed by atoms with Crippen molar-refractivity contribution in [1.29, 1.82) is 0 Å². The SMILES string of the molecule is CCCOc1cc(OC(C)C2CCCCN2)cc2c1-c1c(OC(C)C3CCCCN3)cccc1C2=O. The van der Waals surface area contributed by atoms with E-state index in [1.807, 2.05) is 30.3 Å². The molecule has 0 radical (unpaired) electrons. The summed E-state index contributed by atoms with van der Waals surface area (Å²) in [5.41, 5.74) is 2.99. The number of rotatable bonds is 9. The molecule has 4 atom stereocenters. The highest BCUT2D eigenvalue weighted by molar-refractivity contribution is 6.23. The fraction of sp³-hybridized carbons (Fsp3) is 0.567. The van der Waals surface area contributed by atoms with Gasteiger partial charge < -0.3 is 24.8 Å². The highest BCUT2D eigenvalue weighted by atomic mass is 16.5. The van der Waals surface area contributed by atoms with Crippen molar-refractivity contribution < 1.29 is 19.0 Å². The molecule has 4 unspecified atom stereocenters. The van der Waals surface area contributed by atoms with E-state index in [-0.39, 0.29) is 18.0 Å². The van der Waals surface area contributed by atoms with Crippen LogP contribution in [0.2, 0.25) is 0 Å². The lowest BCUT2D eigenvalue weighted by molar-refractivity contribution is 0.104. The number of hydrogen-bond acceptors (Lipinski definition) is 6. The zero-order chi connectivity index (χ0) is 25.1. The molecular weight excluding hydrogens is 452 g/mol. The second kappa shape index (κ2) is 11.2. The Morgan fingerprint density at radius 1 is 0.861 bits per heavy atom. The summed E-state index contributed by atoms with van der Waals surface area (Å²) < 4.78 is 19.1. The van der Waals surface area contributed by atoms with Crippen LogP contribution in [0.15, 0.2) is 30.3 Å². The molecule has 1 aliphatic carbocycles. The van der Waals surface area contributed by atoms with Gasteiger partial charge in [-0.05, 0) is 71.2 Å². The minimum Gasteiger partial charge on any atom is -0.493 e. The van der Waals surface area contributed by atoms with Crippen LogP contribution in [0.3, 0.4) is 0 Å². The quantitative estimate of drug-likeness (QED) is 0.411. The van der Waals surface area contributed by atoms with Gasteiger partial charge in [-0.25, -0.2) is 0 Å². The molecular formula is C30H40N2O4. The lowest BCUT2D eigenvalue weighted by Crippen LogP contribution is -2.44. The molecule has 2 heterocycles. The minimum absolute atomic E-state index is 0.00223. The van der Waals surface area contributed by atoms with Crippen molar-refractivity contribution in [2.24, 2.45) is 0 Å². The smallest absolute Gasteiger partial charge is 0.194 e. The summed E-state index contributed by atoms with van der Waals surface area (Å²) in [5, 5.41) is 7.16. The number of piperidine rings is 2. The molecule has 0 spiro atoms. The number of nitrogens with one attached hydrogen (secondary N) is 2. The molecule has 0 aromatic heterocycles. The van der Waals surface area contributed by atoms with Gasteiger partial charge in [-0.1, -0.05) is 31.9 Å². The van der Waals surface area contributed by atoms with Gasteiger partial charge in [-0.15, -0.1) is 0 Å². The van der Waals surface area contributed by atoms with Gasteiger partial charge in [0.05, 0.1) is 6.61 Å². The van der Waals surface area contributed by atoms with E-state index in [1.165, 1.54) is 25.7 Å². The molecule has 0 saturated carbocycles. The van der Waals surface area contributed by atoms with Crippen LogP contribution in [-0.4, -0.2) is 49.8 Å². The van der Waals surface area contributed by atoms with Crippen LogP contribution in [0.1, 0.15) is 81.6 Å². The van der Waals surface area contributed by atoms with Gasteiger partial charge in [0.15, 0.2) is 5.78 Å². The van der Waals surface area contributed by atoms with Crippen LogP contribution in [0.25, 0.3) is 11.1 Å². The predicted molar refractivity (Wildman–Crippen MR) is 143 cm³/mol. The molecule has 2 aliphatic heterocycles. The largest absolute Gasteiger partial charge is 0.493 e. The summed E-state index contributed by atoms with van der Waals surface area (Å²) in [5.74, 6) is 2.13. The number of ketones is 1. The Hall–Kier alpha value is -2.57. The van der Waals surface area contributed by atoms with Crippen LogP contribution in [0.5, 0.6) is 17.2 Å². The Labute approximate surface area is 215 Å². The molecule has 6 heteroatoms. The maximum Gasteiger partial charge on any atom is 0.194 e. The number of hydrogen-bond donors (Lipinski definition) is 2. The zero-order valence-corrected chi connectivity index (χ0v) is 21.9. The van der Waals surface area contributed by atoms with Crippen molar-refractivity contribution in [3.8, 4) is 28.4 Å². The van der Waals surface area contributed by atoms with Gasteiger partial charge in [0, 0.05) is 40.4 Å². The number of ether oxygens (including phenoxy) is 3. The average Bonchev–Trinajstić information content (AvgIpc) is 3.21. The Balaban J connectivity index is 1.48. The summed E-state index contributed by atoms with van der Waals surface area (Å²) in [7, 11) is 0. The van der Waals surface area contributed by atoms with E-state index >= 15 is 0 Å². The first-order chi connectivity index (χ1) is 17.6. The number of fused-ring (bicyclic) bond motifs is 3. The number of benzene rings is 2. The van der Waals surface area contributed by atoms with Crippen LogP contribution < -0.4 is 24.8 Å². The molecule has 3 aliphatic rings. The van der Waals surface area contributed by atoms with Crippen molar-refractivity contribution >= 4 is 5.78 Å². The predicted octanol–water partition coefficient (Wildman–Crippen LogP) is 5.51. The summed E-state index contributed by atoms with van der Waals surface area (Å²) in [4.78, 5) is 13.6. The third-order valence-corrected chi connectivity index (χ3v) is 7.77. The van der Waals surface area contributed by atoms with Gasteiger partial charge in [-0.2, -0.15) is 0 Å². The van der Waals surface area contributed by atoms with Crippen LogP contribution >= 0.6 is 0 Å². The standard InChI is InChI=1S/C30H40N2O4/c1-4-16-34-27-18-21(35-19(2)24-11-5-7-14-31-24)17-23-29(27)28-22(30(23)33)10-9-13-26(28)36-20(3)25-12-6-8-15-32-25/h9-10,13,17-20,24-25,31-32H,4-8,11-12,14-16H2,1-3H3. The maximum absolute atomic E-state index is 13.6. The molecule has 0 bridgehead atoms. The lowest BCUT2D eigenvalue weighted by atomic mass is 10.00. The van der Waals surface area contributed by atoms with Crippen molar-refractivity contribution in [2.45, 2.75) is 90.0 Å². The van der Waals surface area contributed by atoms with Crippen molar-refractivity contribution in [2.75, 3.05) is 19.7 Å². The molecule has 5 rings (SSSR count). The van der Waals surface area contributed by atoms with E-state index in [0.29, 0.717) is 41.3 Å². The van der Waals surface area contributed by atoms with E-state index in [2.05, 4.69) is 31.4 Å². The molecule has 194 valence electrons. The lowest BCUT2D eigenvalue weighted by Gasteiger charge is -2.30. The molecule has 2 saturated heterocycles. The highest BCUT2D eigenvalue weighted by Gasteiger charge is 2.35. The number of carbonyl (C=O) groups is 1. The number of carbonyl (C=O) groups excluding carboxylic acids is 1. The Morgan fingerprint density at radius 2 is 1.53 bits per heavy atom. The monoisotopic (exact) mass is 492 g/mol. The van der Waals surface area contributed by atoms with Crippen molar-refractivity contribution in [3.05, 3.63) is 41.5 Å². The Morgan fingerprint density at radius 3 is 2.17 bits per heavy atom. The molecule has 36 heavy (non-hydrogen) atoms. The molecule has 2 N–H and O–H groups in total. The Kier molecular flexibility index (Phi) is 7.82. The summed E-state index contributed by atoms with van der Waals surface area (Å²) in [6.45, 7) is 8.94. The van der Waals surface area contributed by atoms with Crippen molar-refractivity contribution in [1.82, 2.24) is 10.6 Å². The van der Waals surface area contributed by atoms with Crippen LogP contribution in [0, 0.1) is 0 Å². The van der Waals surface area contributed by atoms with Crippen molar-refractivity contribution in [3.63, 3.8) is 0 Å². The third kappa shape index (κ3) is 5.12. The van der Waals surface area contributed by atoms with Gasteiger partial charge in [0.25, 0.3) is 0 Å². The van der Waals surface area contributed by atoms with E-state index in [1.54, 1.807) is 0 Å². The molecule has 6 nitrogen and oxygen atoms in total. The third-order valence-electron chi connectivity index (χ3n) is 7.77. The molecule has 2 aromatic rings. The topological polar surface area (TPSA) is 68.8 Å². The van der Waals surface area contributed by atoms with Crippen LogP contribution in [-0.2, 0) is 0 Å². The summed E-state index contributed by atoms with van der Waals surface area (Å²) >= 11 is 0. The normalized spacial score (nSPS) is 22.9. The highest BCUT2D eigenvalue weighted by Crippen LogP contribution is 2.49. The molecule has 2 fully saturated rings. The van der Waals surface area contributed by atoms with E-state index in [0.717, 1.165) is 49.2 Å². The van der Waals surface area contributed by atoms with E-state index in [9.17, 15) is 4.79 Å². The Bertz CT molecular complexity index is 1070. The van der Waals surface area contributed by atoms with Crippen LogP contribution in [0.4, 0.5) is 0 Å². The van der Waals surface area contributed by atoms with Gasteiger partial charge in [-0.3, -0.25) is 4.79 Å². The van der Waals surface area contributed by atoms with E-state index < -0.39 is 0 Å². The summed E-state index contributed by atoms with van der Waals surface area (Å²) in [6, 6.07) is 10.3. The van der Waals surface area contributed by atoms with Gasteiger partial charge in [0.1, 0.15) is 29.5 Å². The summed E-state index contributed by atoms with van der Waals surface area (Å²) in [6.07, 6.45) is 7.94. The second-order valence-electron chi connectivity index (χ2n) is 10.5. The van der Waals surface area contributed by atoms with E-state index in [4.69, 9.17) is 14.2 Å².